The first kappa shape index (κ1) is 17.4. The normalized spacial score (nSPS) is 12.4. The lowest BCUT2D eigenvalue weighted by Crippen LogP contribution is -2.37. The number of hydrogen-bond donors (Lipinski definition) is 0. The molecule has 4 aromatic rings. The molecular formula is C23H25NSSi. The van der Waals surface area contributed by atoms with Gasteiger partial charge < -0.3 is 0 Å². The Kier molecular flexibility index (Phi) is 4.24. The van der Waals surface area contributed by atoms with E-state index >= 15 is 0 Å². The molecule has 2 heterocycles. The van der Waals surface area contributed by atoms with Gasteiger partial charge >= 0.3 is 0 Å². The molecule has 0 unspecified atom stereocenters. The van der Waals surface area contributed by atoms with Crippen LogP contribution in [0, 0.1) is 0 Å². The van der Waals surface area contributed by atoms with Crippen LogP contribution in [0.3, 0.4) is 0 Å². The number of benzene rings is 2. The highest BCUT2D eigenvalue weighted by Crippen LogP contribution is 2.39. The van der Waals surface area contributed by atoms with Crippen LogP contribution in [-0.4, -0.2) is 13.1 Å². The predicted molar refractivity (Wildman–Crippen MR) is 120 cm³/mol. The van der Waals surface area contributed by atoms with Gasteiger partial charge in [0.25, 0.3) is 0 Å². The zero-order valence-electron chi connectivity index (χ0n) is 16.1. The Morgan fingerprint density at radius 3 is 2.46 bits per heavy atom. The zero-order chi connectivity index (χ0) is 18.5. The van der Waals surface area contributed by atoms with E-state index < -0.39 is 8.07 Å². The van der Waals surface area contributed by atoms with Crippen LogP contribution in [0.1, 0.15) is 25.3 Å². The highest BCUT2D eigenvalue weighted by Gasteiger charge is 2.23. The van der Waals surface area contributed by atoms with Crippen molar-refractivity contribution >= 4 is 44.8 Å². The van der Waals surface area contributed by atoms with Gasteiger partial charge in [0.05, 0.1) is 13.8 Å². The van der Waals surface area contributed by atoms with Gasteiger partial charge in [0, 0.05) is 31.9 Å². The van der Waals surface area contributed by atoms with Crippen molar-refractivity contribution in [1.29, 1.82) is 0 Å². The van der Waals surface area contributed by atoms with Crippen LogP contribution in [0.25, 0.3) is 31.4 Å². The van der Waals surface area contributed by atoms with E-state index in [0.717, 1.165) is 5.69 Å². The fraction of sp³-hybridized carbons (Fsp3) is 0.261. The minimum Gasteiger partial charge on any atom is -0.256 e. The van der Waals surface area contributed by atoms with Crippen molar-refractivity contribution in [2.24, 2.45) is 0 Å². The van der Waals surface area contributed by atoms with Gasteiger partial charge in [0.2, 0.25) is 0 Å². The van der Waals surface area contributed by atoms with Gasteiger partial charge in [-0.25, -0.2) is 0 Å². The summed E-state index contributed by atoms with van der Waals surface area (Å²) >= 11 is 1.91. The van der Waals surface area contributed by atoms with E-state index in [4.69, 9.17) is 4.98 Å². The third kappa shape index (κ3) is 2.89. The Hall–Kier alpha value is -1.97. The number of pyridine rings is 1. The lowest BCUT2D eigenvalue weighted by Gasteiger charge is -2.19. The SMILES string of the molecule is CC(C)c1ccnc(-c2ccc([Si](C)(C)C)c3c2sc2ccccc23)c1. The molecule has 0 spiro atoms. The highest BCUT2D eigenvalue weighted by atomic mass is 32.1. The van der Waals surface area contributed by atoms with Gasteiger partial charge in [-0.1, -0.05) is 69.0 Å². The molecule has 132 valence electrons. The minimum absolute atomic E-state index is 0.510. The standard InChI is InChI=1S/C23H25NSSi/c1-15(2)16-12-13-24-19(14-16)17-10-11-21(26(3,4)5)22-18-8-6-7-9-20(18)25-23(17)22/h6-15H,1-5H3. The van der Waals surface area contributed by atoms with Crippen molar-refractivity contribution in [3.05, 3.63) is 60.3 Å². The molecule has 3 heteroatoms. The first-order valence-electron chi connectivity index (χ1n) is 9.27. The summed E-state index contributed by atoms with van der Waals surface area (Å²) in [6.45, 7) is 11.8. The Morgan fingerprint density at radius 1 is 0.962 bits per heavy atom. The van der Waals surface area contributed by atoms with Crippen LogP contribution in [0.4, 0.5) is 0 Å². The maximum Gasteiger partial charge on any atom is 0.0784 e. The maximum atomic E-state index is 4.72. The van der Waals surface area contributed by atoms with E-state index in [9.17, 15) is 0 Å². The summed E-state index contributed by atoms with van der Waals surface area (Å²) in [4.78, 5) is 4.72. The molecule has 26 heavy (non-hydrogen) atoms. The molecular weight excluding hydrogens is 350 g/mol. The summed E-state index contributed by atoms with van der Waals surface area (Å²) in [7, 11) is -1.45. The molecule has 0 aliphatic heterocycles. The highest BCUT2D eigenvalue weighted by molar-refractivity contribution is 7.26. The first-order chi connectivity index (χ1) is 12.4. The topological polar surface area (TPSA) is 12.9 Å². The Bertz CT molecular complexity index is 1100. The maximum absolute atomic E-state index is 4.72. The number of thiophene rings is 1. The molecule has 1 nitrogen and oxygen atoms in total. The third-order valence-electron chi connectivity index (χ3n) is 5.06. The Balaban J connectivity index is 2.08. The summed E-state index contributed by atoms with van der Waals surface area (Å²) in [5.41, 5.74) is 3.71. The zero-order valence-corrected chi connectivity index (χ0v) is 17.9. The number of rotatable bonds is 3. The van der Waals surface area contributed by atoms with Crippen molar-refractivity contribution in [2.45, 2.75) is 39.4 Å². The van der Waals surface area contributed by atoms with Gasteiger partial charge in [-0.15, -0.1) is 11.3 Å². The van der Waals surface area contributed by atoms with Gasteiger partial charge in [-0.2, -0.15) is 0 Å². The molecule has 0 aliphatic carbocycles. The summed E-state index contributed by atoms with van der Waals surface area (Å²) in [5, 5.41) is 4.40. The number of fused-ring (bicyclic) bond motifs is 3. The van der Waals surface area contributed by atoms with Crippen LogP contribution in [0.2, 0.25) is 19.6 Å². The fourth-order valence-corrected chi connectivity index (χ4v) is 6.54. The van der Waals surface area contributed by atoms with Crippen LogP contribution < -0.4 is 5.19 Å². The number of aromatic nitrogens is 1. The molecule has 0 atom stereocenters. The summed E-state index contributed by atoms with van der Waals surface area (Å²) in [5.74, 6) is 0.510. The van der Waals surface area contributed by atoms with E-state index in [1.54, 1.807) is 5.19 Å². The molecule has 0 N–H and O–H groups in total. The molecule has 4 rings (SSSR count). The van der Waals surface area contributed by atoms with Crippen molar-refractivity contribution in [2.75, 3.05) is 0 Å². The molecule has 0 bridgehead atoms. The van der Waals surface area contributed by atoms with E-state index in [1.807, 2.05) is 17.5 Å². The van der Waals surface area contributed by atoms with E-state index in [0.29, 0.717) is 5.92 Å². The molecule has 0 aliphatic rings. The van der Waals surface area contributed by atoms with Crippen LogP contribution >= 0.6 is 11.3 Å². The molecule has 0 saturated heterocycles. The smallest absolute Gasteiger partial charge is 0.0784 e. The van der Waals surface area contributed by atoms with Crippen molar-refractivity contribution in [1.82, 2.24) is 4.98 Å². The summed E-state index contributed by atoms with van der Waals surface area (Å²) in [6.07, 6.45) is 1.95. The second kappa shape index (κ2) is 6.33. The van der Waals surface area contributed by atoms with Crippen LogP contribution in [0.5, 0.6) is 0 Å². The van der Waals surface area contributed by atoms with E-state index in [2.05, 4.69) is 82.0 Å². The number of nitrogens with zero attached hydrogens (tertiary/aromatic N) is 1. The predicted octanol–water partition coefficient (Wildman–Crippen LogP) is 6.79. The first-order valence-corrected chi connectivity index (χ1v) is 13.6. The van der Waals surface area contributed by atoms with Crippen molar-refractivity contribution in [3.63, 3.8) is 0 Å². The Morgan fingerprint density at radius 2 is 1.73 bits per heavy atom. The summed E-state index contributed by atoms with van der Waals surface area (Å²) < 4.78 is 2.76. The quantitative estimate of drug-likeness (QED) is 0.359. The van der Waals surface area contributed by atoms with Gasteiger partial charge in [-0.3, -0.25) is 4.98 Å². The minimum atomic E-state index is -1.45. The average Bonchev–Trinajstić information content (AvgIpc) is 2.99. The molecule has 0 radical (unpaired) electrons. The monoisotopic (exact) mass is 375 g/mol. The molecule has 2 aromatic heterocycles. The fourth-order valence-electron chi connectivity index (χ4n) is 3.61. The largest absolute Gasteiger partial charge is 0.256 e. The molecule has 0 fully saturated rings. The van der Waals surface area contributed by atoms with E-state index in [-0.39, 0.29) is 0 Å². The second-order valence-corrected chi connectivity index (χ2v) is 14.4. The second-order valence-electron chi connectivity index (χ2n) is 8.34. The number of hydrogen-bond acceptors (Lipinski definition) is 2. The molecule has 2 aromatic carbocycles. The van der Waals surface area contributed by atoms with Crippen LogP contribution in [0.15, 0.2) is 54.7 Å². The summed E-state index contributed by atoms with van der Waals surface area (Å²) in [6, 6.07) is 17.9. The van der Waals surface area contributed by atoms with Crippen molar-refractivity contribution in [3.8, 4) is 11.3 Å². The van der Waals surface area contributed by atoms with Gasteiger partial charge in [0.1, 0.15) is 0 Å². The Labute approximate surface area is 160 Å². The lowest BCUT2D eigenvalue weighted by atomic mass is 10.0. The molecule has 0 amide bonds. The molecule has 0 saturated carbocycles. The van der Waals surface area contributed by atoms with E-state index in [1.165, 1.54) is 31.3 Å². The lowest BCUT2D eigenvalue weighted by molar-refractivity contribution is 0.864. The van der Waals surface area contributed by atoms with Gasteiger partial charge in [0.15, 0.2) is 0 Å². The third-order valence-corrected chi connectivity index (χ3v) is 8.30. The van der Waals surface area contributed by atoms with Crippen LogP contribution in [-0.2, 0) is 0 Å². The van der Waals surface area contributed by atoms with Gasteiger partial charge in [-0.05, 0) is 29.7 Å². The average molecular weight is 376 g/mol. The van der Waals surface area contributed by atoms with Crippen molar-refractivity contribution < 1.29 is 0 Å².